The topological polar surface area (TPSA) is 23.5 Å². The second-order valence-electron chi connectivity index (χ2n) is 4.52. The fourth-order valence-corrected chi connectivity index (χ4v) is 2.19. The van der Waals surface area contributed by atoms with Crippen LogP contribution in [0.5, 0.6) is 0 Å². The Morgan fingerprint density at radius 1 is 1.46 bits per heavy atom. The number of rotatable bonds is 4. The van der Waals surface area contributed by atoms with E-state index in [1.54, 1.807) is 0 Å². The normalized spacial score (nSPS) is 31.2. The molecule has 0 saturated heterocycles. The van der Waals surface area contributed by atoms with E-state index < -0.39 is 0 Å². The van der Waals surface area contributed by atoms with E-state index in [9.17, 15) is 5.11 Å². The number of aliphatic hydroxyl groups is 1. The van der Waals surface area contributed by atoms with E-state index in [-0.39, 0.29) is 6.10 Å². The van der Waals surface area contributed by atoms with Gasteiger partial charge in [0.25, 0.3) is 0 Å². The highest BCUT2D eigenvalue weighted by molar-refractivity contribution is 4.83. The summed E-state index contributed by atoms with van der Waals surface area (Å²) < 4.78 is 0. The van der Waals surface area contributed by atoms with Gasteiger partial charge in [-0.1, -0.05) is 20.3 Å². The molecule has 13 heavy (non-hydrogen) atoms. The molecule has 0 amide bonds. The average Bonchev–Trinajstić information content (AvgIpc) is 2.51. The Balaban J connectivity index is 2.33. The minimum Gasteiger partial charge on any atom is -0.391 e. The Bertz CT molecular complexity index is 149. The first-order valence-corrected chi connectivity index (χ1v) is 5.53. The van der Waals surface area contributed by atoms with Crippen molar-refractivity contribution in [1.29, 1.82) is 0 Å². The van der Waals surface area contributed by atoms with Crippen molar-refractivity contribution in [2.45, 2.75) is 51.7 Å². The Kier molecular flexibility index (Phi) is 4.20. The lowest BCUT2D eigenvalue weighted by molar-refractivity contribution is 0.0784. The minimum atomic E-state index is -0.0749. The van der Waals surface area contributed by atoms with E-state index in [1.807, 2.05) is 0 Å². The van der Waals surface area contributed by atoms with Gasteiger partial charge in [0.1, 0.15) is 0 Å². The number of hydrogen-bond acceptors (Lipinski definition) is 2. The molecule has 1 fully saturated rings. The third kappa shape index (κ3) is 2.96. The van der Waals surface area contributed by atoms with Gasteiger partial charge in [-0.25, -0.2) is 0 Å². The zero-order chi connectivity index (χ0) is 9.84. The van der Waals surface area contributed by atoms with E-state index >= 15 is 0 Å². The molecule has 1 unspecified atom stereocenters. The van der Waals surface area contributed by atoms with Gasteiger partial charge in [0.05, 0.1) is 6.10 Å². The van der Waals surface area contributed by atoms with Gasteiger partial charge in [0.2, 0.25) is 0 Å². The molecule has 0 aromatic heterocycles. The number of likely N-dealkylation sites (N-methyl/N-ethyl adjacent to an activating group) is 1. The van der Waals surface area contributed by atoms with Crippen LogP contribution < -0.4 is 0 Å². The molecule has 2 heteroatoms. The third-order valence-electron chi connectivity index (χ3n) is 3.31. The summed E-state index contributed by atoms with van der Waals surface area (Å²) in [7, 11) is 2.14. The molecule has 1 rings (SSSR count). The van der Waals surface area contributed by atoms with Gasteiger partial charge in [-0.3, -0.25) is 0 Å². The maximum atomic E-state index is 9.70. The van der Waals surface area contributed by atoms with Gasteiger partial charge >= 0.3 is 0 Å². The lowest BCUT2D eigenvalue weighted by Crippen LogP contribution is -2.39. The summed E-state index contributed by atoms with van der Waals surface area (Å²) in [6.07, 6.45) is 4.52. The smallest absolute Gasteiger partial charge is 0.0695 e. The first-order valence-electron chi connectivity index (χ1n) is 5.53. The van der Waals surface area contributed by atoms with Crippen LogP contribution in [0, 0.1) is 5.92 Å². The van der Waals surface area contributed by atoms with Crippen molar-refractivity contribution in [3.8, 4) is 0 Å². The fourth-order valence-electron chi connectivity index (χ4n) is 2.19. The molecule has 1 aliphatic rings. The van der Waals surface area contributed by atoms with Crippen molar-refractivity contribution < 1.29 is 5.11 Å². The van der Waals surface area contributed by atoms with Crippen molar-refractivity contribution in [3.63, 3.8) is 0 Å². The molecular weight excluding hydrogens is 162 g/mol. The summed E-state index contributed by atoms with van der Waals surface area (Å²) >= 11 is 0. The van der Waals surface area contributed by atoms with Crippen LogP contribution in [-0.2, 0) is 0 Å². The lowest BCUT2D eigenvalue weighted by Gasteiger charge is -2.29. The second kappa shape index (κ2) is 4.97. The monoisotopic (exact) mass is 185 g/mol. The maximum absolute atomic E-state index is 9.70. The first kappa shape index (κ1) is 11.0. The average molecular weight is 185 g/mol. The predicted molar refractivity (Wildman–Crippen MR) is 55.7 cm³/mol. The molecule has 3 atom stereocenters. The van der Waals surface area contributed by atoms with E-state index in [4.69, 9.17) is 0 Å². The minimum absolute atomic E-state index is 0.0749. The summed E-state index contributed by atoms with van der Waals surface area (Å²) in [5, 5.41) is 9.70. The van der Waals surface area contributed by atoms with Crippen LogP contribution in [-0.4, -0.2) is 35.7 Å². The van der Waals surface area contributed by atoms with E-state index in [0.717, 1.165) is 18.9 Å². The van der Waals surface area contributed by atoms with Crippen molar-refractivity contribution in [3.05, 3.63) is 0 Å². The van der Waals surface area contributed by atoms with Crippen molar-refractivity contribution in [2.75, 3.05) is 13.6 Å². The van der Waals surface area contributed by atoms with Crippen LogP contribution in [0.4, 0.5) is 0 Å². The molecule has 0 aromatic rings. The highest BCUT2D eigenvalue weighted by Crippen LogP contribution is 2.23. The largest absolute Gasteiger partial charge is 0.391 e. The zero-order valence-corrected chi connectivity index (χ0v) is 9.16. The van der Waals surface area contributed by atoms with Crippen LogP contribution in [0.1, 0.15) is 39.5 Å². The zero-order valence-electron chi connectivity index (χ0n) is 9.16. The Hall–Kier alpha value is -0.0800. The fraction of sp³-hybridized carbons (Fsp3) is 1.00. The molecule has 78 valence electrons. The lowest BCUT2D eigenvalue weighted by atomic mass is 10.1. The molecular formula is C11H23NO. The molecule has 0 bridgehead atoms. The van der Waals surface area contributed by atoms with Crippen LogP contribution >= 0.6 is 0 Å². The van der Waals surface area contributed by atoms with Crippen LogP contribution in [0.2, 0.25) is 0 Å². The summed E-state index contributed by atoms with van der Waals surface area (Å²) in [5.41, 5.74) is 0. The van der Waals surface area contributed by atoms with E-state index in [0.29, 0.717) is 6.04 Å². The Morgan fingerprint density at radius 3 is 2.62 bits per heavy atom. The summed E-state index contributed by atoms with van der Waals surface area (Å²) in [6.45, 7) is 5.62. The molecule has 0 spiro atoms. The second-order valence-corrected chi connectivity index (χ2v) is 4.52. The van der Waals surface area contributed by atoms with Crippen molar-refractivity contribution >= 4 is 0 Å². The van der Waals surface area contributed by atoms with Gasteiger partial charge in [-0.15, -0.1) is 0 Å². The quantitative estimate of drug-likeness (QED) is 0.723. The first-order chi connectivity index (χ1) is 6.15. The predicted octanol–water partition coefficient (Wildman–Crippen LogP) is 1.88. The highest BCUT2D eigenvalue weighted by Gasteiger charge is 2.28. The Labute approximate surface area is 81.9 Å². The number of nitrogens with zero attached hydrogens (tertiary/aromatic N) is 1. The molecule has 0 heterocycles. The standard InChI is InChI=1S/C11H23NO/c1-4-9(2)8-12(3)10-6-5-7-11(10)13/h9-11,13H,4-8H2,1-3H3/t9?,10-,11-/m1/s1. The molecule has 0 aliphatic heterocycles. The summed E-state index contributed by atoms with van der Waals surface area (Å²) in [5.74, 6) is 0.748. The van der Waals surface area contributed by atoms with Crippen LogP contribution in [0.15, 0.2) is 0 Å². The van der Waals surface area contributed by atoms with Crippen molar-refractivity contribution in [1.82, 2.24) is 4.90 Å². The number of hydrogen-bond donors (Lipinski definition) is 1. The summed E-state index contributed by atoms with van der Waals surface area (Å²) in [6, 6.07) is 0.425. The van der Waals surface area contributed by atoms with Crippen molar-refractivity contribution in [2.24, 2.45) is 5.92 Å². The van der Waals surface area contributed by atoms with Crippen LogP contribution in [0.25, 0.3) is 0 Å². The summed E-state index contributed by atoms with van der Waals surface area (Å²) in [4.78, 5) is 2.34. The highest BCUT2D eigenvalue weighted by atomic mass is 16.3. The molecule has 0 aromatic carbocycles. The molecule has 2 nitrogen and oxygen atoms in total. The van der Waals surface area contributed by atoms with E-state index in [1.165, 1.54) is 19.3 Å². The van der Waals surface area contributed by atoms with E-state index in [2.05, 4.69) is 25.8 Å². The molecule has 1 saturated carbocycles. The van der Waals surface area contributed by atoms with Gasteiger partial charge in [0, 0.05) is 12.6 Å². The van der Waals surface area contributed by atoms with Gasteiger partial charge in [-0.05, 0) is 32.2 Å². The van der Waals surface area contributed by atoms with Gasteiger partial charge in [-0.2, -0.15) is 0 Å². The Morgan fingerprint density at radius 2 is 2.15 bits per heavy atom. The maximum Gasteiger partial charge on any atom is 0.0695 e. The van der Waals surface area contributed by atoms with Crippen LogP contribution in [0.3, 0.4) is 0 Å². The van der Waals surface area contributed by atoms with Gasteiger partial charge < -0.3 is 10.0 Å². The molecule has 1 N–H and O–H groups in total. The molecule has 1 aliphatic carbocycles. The number of aliphatic hydroxyl groups excluding tert-OH is 1. The van der Waals surface area contributed by atoms with Gasteiger partial charge in [0.15, 0.2) is 0 Å². The SMILES string of the molecule is CCC(C)CN(C)[C@@H]1CCC[C@H]1O. The molecule has 0 radical (unpaired) electrons. The third-order valence-corrected chi connectivity index (χ3v) is 3.31.